The molecule has 0 rings (SSSR count). The highest BCUT2D eigenvalue weighted by Crippen LogP contribution is 1.86. The number of aliphatic hydroxyl groups excluding tert-OH is 1. The van der Waals surface area contributed by atoms with Crippen LogP contribution in [0.25, 0.3) is 0 Å². The zero-order valence-corrected chi connectivity index (χ0v) is 4.35. The maximum Gasteiger partial charge on any atom is 0.381 e. The molecule has 0 aliphatic carbocycles. The van der Waals surface area contributed by atoms with Crippen molar-refractivity contribution in [3.63, 3.8) is 0 Å². The molecule has 0 heterocycles. The summed E-state index contributed by atoms with van der Waals surface area (Å²) in [6.45, 7) is -0.970. The van der Waals surface area contributed by atoms with Gasteiger partial charge in [-0.05, 0) is 0 Å². The number of nitrogens with zero attached hydrogens (tertiary/aromatic N) is 1. The largest absolute Gasteiger partial charge is 0.476 e. The van der Waals surface area contributed by atoms with Crippen LogP contribution in [0.2, 0.25) is 0 Å². The average Bonchev–Trinajstić information content (AvgIpc) is 1.64. The van der Waals surface area contributed by atoms with Crippen molar-refractivity contribution in [1.29, 1.82) is 0 Å². The highest BCUT2D eigenvalue weighted by Gasteiger charge is 2.27. The topological polar surface area (TPSA) is 101 Å². The third-order valence-electron chi connectivity index (χ3n) is 0.712. The van der Waals surface area contributed by atoms with E-state index in [1.165, 1.54) is 0 Å². The number of rotatable bonds is 3. The lowest BCUT2D eigenvalue weighted by Gasteiger charge is -1.97. The number of nitro groups is 1. The second kappa shape index (κ2) is 2.98. The van der Waals surface area contributed by atoms with Crippen LogP contribution < -0.4 is 0 Å². The van der Waals surface area contributed by atoms with Crippen molar-refractivity contribution in [2.45, 2.75) is 6.04 Å². The summed E-state index contributed by atoms with van der Waals surface area (Å²) in [7, 11) is 0. The van der Waals surface area contributed by atoms with Gasteiger partial charge < -0.3 is 10.2 Å². The van der Waals surface area contributed by atoms with Gasteiger partial charge in [-0.3, -0.25) is 10.1 Å². The zero-order chi connectivity index (χ0) is 7.44. The number of carboxylic acids is 1. The Morgan fingerprint density at radius 3 is 2.22 bits per heavy atom. The van der Waals surface area contributed by atoms with Crippen molar-refractivity contribution in [2.75, 3.05) is 6.61 Å². The van der Waals surface area contributed by atoms with Crippen LogP contribution in [0.15, 0.2) is 0 Å². The number of hydrogen-bond acceptors (Lipinski definition) is 4. The molecule has 1 atom stereocenters. The van der Waals surface area contributed by atoms with Crippen molar-refractivity contribution in [3.05, 3.63) is 10.1 Å². The highest BCUT2D eigenvalue weighted by molar-refractivity contribution is 5.71. The van der Waals surface area contributed by atoms with E-state index in [-0.39, 0.29) is 0 Å². The fourth-order valence-corrected chi connectivity index (χ4v) is 0.235. The molecule has 6 nitrogen and oxygen atoms in total. The molecule has 6 heteroatoms. The standard InChI is InChI=1S/C3H5NO5/c5-1-2(3(6)7)4(8)9/h2,5H,1H2,(H,6,7). The van der Waals surface area contributed by atoms with Crippen LogP contribution in [0.5, 0.6) is 0 Å². The van der Waals surface area contributed by atoms with Crippen LogP contribution in [0.1, 0.15) is 0 Å². The van der Waals surface area contributed by atoms with Gasteiger partial charge in [0.15, 0.2) is 0 Å². The Hall–Kier alpha value is -1.17. The number of aliphatic hydroxyl groups is 1. The van der Waals surface area contributed by atoms with Gasteiger partial charge >= 0.3 is 12.0 Å². The normalized spacial score (nSPS) is 12.6. The first kappa shape index (κ1) is 7.83. The molecule has 0 bridgehead atoms. The van der Waals surface area contributed by atoms with Crippen molar-refractivity contribution >= 4 is 5.97 Å². The first-order valence-corrected chi connectivity index (χ1v) is 2.06. The Labute approximate surface area is 49.9 Å². The molecule has 0 fully saturated rings. The van der Waals surface area contributed by atoms with E-state index >= 15 is 0 Å². The molecule has 9 heavy (non-hydrogen) atoms. The van der Waals surface area contributed by atoms with Crippen LogP contribution in [-0.2, 0) is 4.79 Å². The molecule has 0 radical (unpaired) electrons. The Balaban J connectivity index is 3.99. The SMILES string of the molecule is O=C(O)C(CO)[N+](=O)[O-]. The lowest BCUT2D eigenvalue weighted by atomic mass is 10.3. The van der Waals surface area contributed by atoms with E-state index in [1.54, 1.807) is 0 Å². The highest BCUT2D eigenvalue weighted by atomic mass is 16.6. The average molecular weight is 135 g/mol. The molecule has 0 aromatic rings. The number of carbonyl (C=O) groups is 1. The molecular weight excluding hydrogens is 130 g/mol. The third-order valence-corrected chi connectivity index (χ3v) is 0.712. The smallest absolute Gasteiger partial charge is 0.381 e. The lowest BCUT2D eigenvalue weighted by Crippen LogP contribution is -2.32. The summed E-state index contributed by atoms with van der Waals surface area (Å²) < 4.78 is 0. The Morgan fingerprint density at radius 2 is 2.22 bits per heavy atom. The summed E-state index contributed by atoms with van der Waals surface area (Å²) in [5, 5.41) is 25.6. The van der Waals surface area contributed by atoms with Gasteiger partial charge in [0.1, 0.15) is 6.61 Å². The molecule has 2 N–H and O–H groups in total. The minimum absolute atomic E-state index is 0.970. The minimum Gasteiger partial charge on any atom is -0.476 e. The van der Waals surface area contributed by atoms with E-state index in [1.807, 2.05) is 0 Å². The summed E-state index contributed by atoms with van der Waals surface area (Å²) in [6.07, 6.45) is 0. The van der Waals surface area contributed by atoms with Crippen LogP contribution in [-0.4, -0.2) is 33.8 Å². The molecule has 52 valence electrons. The van der Waals surface area contributed by atoms with Gasteiger partial charge in [0.05, 0.1) is 0 Å². The van der Waals surface area contributed by atoms with Gasteiger partial charge in [0, 0.05) is 4.92 Å². The van der Waals surface area contributed by atoms with Gasteiger partial charge in [-0.15, -0.1) is 0 Å². The van der Waals surface area contributed by atoms with E-state index in [4.69, 9.17) is 10.2 Å². The Kier molecular flexibility index (Phi) is 2.59. The van der Waals surface area contributed by atoms with E-state index < -0.39 is 23.5 Å². The van der Waals surface area contributed by atoms with Gasteiger partial charge in [-0.2, -0.15) is 0 Å². The van der Waals surface area contributed by atoms with Crippen molar-refractivity contribution in [1.82, 2.24) is 0 Å². The quantitative estimate of drug-likeness (QED) is 0.370. The van der Waals surface area contributed by atoms with E-state index in [9.17, 15) is 14.9 Å². The van der Waals surface area contributed by atoms with Crippen LogP contribution in [0.3, 0.4) is 0 Å². The fourth-order valence-electron chi connectivity index (χ4n) is 0.235. The first-order chi connectivity index (χ1) is 4.09. The molecule has 0 aromatic carbocycles. The van der Waals surface area contributed by atoms with Gasteiger partial charge in [-0.1, -0.05) is 0 Å². The minimum atomic E-state index is -1.88. The number of hydrogen-bond donors (Lipinski definition) is 2. The van der Waals surface area contributed by atoms with Crippen molar-refractivity contribution in [2.24, 2.45) is 0 Å². The molecule has 0 aliphatic heterocycles. The molecule has 0 spiro atoms. The maximum absolute atomic E-state index is 9.77. The Bertz CT molecular complexity index is 118. The molecule has 1 unspecified atom stereocenters. The van der Waals surface area contributed by atoms with E-state index in [0.29, 0.717) is 0 Å². The van der Waals surface area contributed by atoms with Crippen molar-refractivity contribution < 1.29 is 19.9 Å². The number of carboxylic acid groups (broad SMARTS) is 1. The zero-order valence-electron chi connectivity index (χ0n) is 4.35. The monoisotopic (exact) mass is 135 g/mol. The summed E-state index contributed by atoms with van der Waals surface area (Å²) >= 11 is 0. The molecule has 0 saturated heterocycles. The molecule has 0 amide bonds. The summed E-state index contributed by atoms with van der Waals surface area (Å²) in [5.41, 5.74) is 0. The number of aliphatic carboxylic acids is 1. The van der Waals surface area contributed by atoms with Gasteiger partial charge in [0.2, 0.25) is 0 Å². The van der Waals surface area contributed by atoms with Crippen molar-refractivity contribution in [3.8, 4) is 0 Å². The van der Waals surface area contributed by atoms with E-state index in [2.05, 4.69) is 0 Å². The van der Waals surface area contributed by atoms with Crippen LogP contribution in [0.4, 0.5) is 0 Å². The molecule has 0 aromatic heterocycles. The maximum atomic E-state index is 9.77. The summed E-state index contributed by atoms with van der Waals surface area (Å²) in [4.78, 5) is 18.4. The van der Waals surface area contributed by atoms with Crippen LogP contribution >= 0.6 is 0 Å². The predicted octanol–water partition coefficient (Wildman–Crippen LogP) is -1.29. The predicted molar refractivity (Wildman–Crippen MR) is 25.5 cm³/mol. The Morgan fingerprint density at radius 1 is 1.78 bits per heavy atom. The summed E-state index contributed by atoms with van der Waals surface area (Å²) in [6, 6.07) is -1.88. The van der Waals surface area contributed by atoms with Crippen LogP contribution in [0, 0.1) is 10.1 Å². The second-order valence-electron chi connectivity index (χ2n) is 1.32. The summed E-state index contributed by atoms with van der Waals surface area (Å²) in [5.74, 6) is -1.62. The molecule has 0 saturated carbocycles. The van der Waals surface area contributed by atoms with Gasteiger partial charge in [-0.25, -0.2) is 4.79 Å². The third kappa shape index (κ3) is 2.04. The fraction of sp³-hybridized carbons (Fsp3) is 0.667. The molecular formula is C3H5NO5. The molecule has 0 aliphatic rings. The first-order valence-electron chi connectivity index (χ1n) is 2.06. The lowest BCUT2D eigenvalue weighted by molar-refractivity contribution is -0.513. The second-order valence-corrected chi connectivity index (χ2v) is 1.32. The van der Waals surface area contributed by atoms with E-state index in [0.717, 1.165) is 0 Å². The van der Waals surface area contributed by atoms with Gasteiger partial charge in [0.25, 0.3) is 0 Å².